The highest BCUT2D eigenvalue weighted by atomic mass is 19.3. The van der Waals surface area contributed by atoms with Gasteiger partial charge in [-0.3, -0.25) is 4.79 Å². The minimum Gasteiger partial charge on any atom is -0.336 e. The summed E-state index contributed by atoms with van der Waals surface area (Å²) in [5.41, 5.74) is 0. The van der Waals surface area contributed by atoms with Crippen LogP contribution in [0.4, 0.5) is 8.78 Å². The summed E-state index contributed by atoms with van der Waals surface area (Å²) in [6.45, 7) is 4.25. The maximum absolute atomic E-state index is 12.8. The van der Waals surface area contributed by atoms with Crippen molar-refractivity contribution in [2.75, 3.05) is 6.54 Å². The first-order chi connectivity index (χ1) is 7.06. The number of piperidine rings is 1. The fourth-order valence-electron chi connectivity index (χ4n) is 2.16. The molecule has 0 unspecified atom stereocenters. The van der Waals surface area contributed by atoms with Gasteiger partial charge in [-0.2, -0.15) is 0 Å². The van der Waals surface area contributed by atoms with Crippen LogP contribution in [0.5, 0.6) is 0 Å². The van der Waals surface area contributed by atoms with E-state index in [2.05, 4.69) is 6.58 Å². The Bertz CT molecular complexity index is 290. The van der Waals surface area contributed by atoms with Crippen molar-refractivity contribution in [3.05, 3.63) is 12.7 Å². The molecule has 0 aromatic heterocycles. The highest BCUT2D eigenvalue weighted by molar-refractivity contribution is 5.83. The second-order valence-electron chi connectivity index (χ2n) is 4.35. The first-order valence-electron chi connectivity index (χ1n) is 5.37. The molecular weight excluding hydrogens is 200 g/mol. The van der Waals surface area contributed by atoms with E-state index in [1.165, 1.54) is 0 Å². The van der Waals surface area contributed by atoms with Gasteiger partial charge in [-0.25, -0.2) is 8.78 Å². The van der Waals surface area contributed by atoms with Crippen LogP contribution in [0.15, 0.2) is 12.7 Å². The van der Waals surface area contributed by atoms with Gasteiger partial charge in [0.15, 0.2) is 0 Å². The molecule has 1 saturated carbocycles. The predicted molar refractivity (Wildman–Crippen MR) is 52.6 cm³/mol. The predicted octanol–water partition coefficient (Wildman–Crippen LogP) is 2.21. The zero-order valence-corrected chi connectivity index (χ0v) is 8.59. The van der Waals surface area contributed by atoms with Crippen molar-refractivity contribution < 1.29 is 13.6 Å². The molecule has 0 radical (unpaired) electrons. The zero-order valence-electron chi connectivity index (χ0n) is 8.59. The van der Waals surface area contributed by atoms with Gasteiger partial charge in [0.1, 0.15) is 5.92 Å². The van der Waals surface area contributed by atoms with Gasteiger partial charge >= 0.3 is 0 Å². The number of alkyl halides is 2. The van der Waals surface area contributed by atoms with Crippen LogP contribution >= 0.6 is 0 Å². The van der Waals surface area contributed by atoms with E-state index < -0.39 is 11.8 Å². The molecule has 1 aliphatic heterocycles. The first kappa shape index (κ1) is 10.6. The lowest BCUT2D eigenvalue weighted by Crippen LogP contribution is -2.44. The Morgan fingerprint density at radius 3 is 2.67 bits per heavy atom. The maximum atomic E-state index is 12.8. The van der Waals surface area contributed by atoms with Gasteiger partial charge in [0.25, 0.3) is 5.92 Å². The van der Waals surface area contributed by atoms with Gasteiger partial charge in [-0.05, 0) is 19.3 Å². The van der Waals surface area contributed by atoms with E-state index in [-0.39, 0.29) is 18.4 Å². The van der Waals surface area contributed by atoms with Gasteiger partial charge in [0.05, 0.1) is 0 Å². The number of hydrogen-bond donors (Lipinski definition) is 0. The first-order valence-corrected chi connectivity index (χ1v) is 5.37. The Kier molecular flexibility index (Phi) is 2.52. The Morgan fingerprint density at radius 1 is 1.47 bits per heavy atom. The van der Waals surface area contributed by atoms with E-state index in [9.17, 15) is 13.6 Å². The molecule has 1 amide bonds. The minimum atomic E-state index is -2.75. The number of amides is 1. The van der Waals surface area contributed by atoms with Crippen molar-refractivity contribution in [2.45, 2.75) is 37.6 Å². The lowest BCUT2D eigenvalue weighted by molar-refractivity contribution is -0.137. The molecule has 2 nitrogen and oxygen atoms in total. The summed E-state index contributed by atoms with van der Waals surface area (Å²) in [5.74, 6) is -4.19. The fraction of sp³-hybridized carbons (Fsp3) is 0.727. The van der Waals surface area contributed by atoms with E-state index in [1.54, 1.807) is 11.0 Å². The zero-order chi connectivity index (χ0) is 11.1. The molecule has 0 aromatic rings. The van der Waals surface area contributed by atoms with Gasteiger partial charge in [0, 0.05) is 19.0 Å². The number of hydrogen-bond acceptors (Lipinski definition) is 1. The summed E-state index contributed by atoms with van der Waals surface area (Å²) < 4.78 is 25.5. The fourth-order valence-corrected chi connectivity index (χ4v) is 2.16. The van der Waals surface area contributed by atoms with Crippen LogP contribution < -0.4 is 0 Å². The van der Waals surface area contributed by atoms with E-state index in [0.29, 0.717) is 6.54 Å². The third-order valence-electron chi connectivity index (χ3n) is 3.23. The van der Waals surface area contributed by atoms with Crippen molar-refractivity contribution >= 4 is 5.91 Å². The number of carbonyl (C=O) groups excluding carboxylic acids is 1. The molecular formula is C11H15F2NO. The smallest absolute Gasteiger partial charge is 0.260 e. The molecule has 0 bridgehead atoms. The lowest BCUT2D eigenvalue weighted by Gasteiger charge is -2.34. The molecule has 1 saturated heterocycles. The maximum Gasteiger partial charge on any atom is 0.260 e. The Balaban J connectivity index is 2.02. The summed E-state index contributed by atoms with van der Waals surface area (Å²) in [7, 11) is 0. The molecule has 0 aromatic carbocycles. The average Bonchev–Trinajstić information content (AvgIpc) is 2.86. The lowest BCUT2D eigenvalue weighted by atomic mass is 10.0. The van der Waals surface area contributed by atoms with Crippen molar-refractivity contribution in [1.82, 2.24) is 4.90 Å². The third-order valence-corrected chi connectivity index (χ3v) is 3.23. The molecule has 84 valence electrons. The van der Waals surface area contributed by atoms with Crippen LogP contribution in [0.1, 0.15) is 25.7 Å². The summed E-state index contributed by atoms with van der Waals surface area (Å²) in [5, 5.41) is 0. The van der Waals surface area contributed by atoms with E-state index in [1.807, 2.05) is 0 Å². The van der Waals surface area contributed by atoms with Gasteiger partial charge in [-0.1, -0.05) is 6.08 Å². The summed E-state index contributed by atoms with van der Waals surface area (Å²) >= 11 is 0. The van der Waals surface area contributed by atoms with E-state index in [0.717, 1.165) is 19.3 Å². The standard InChI is InChI=1S/C11H15F2NO/c1-2-8-5-3-4-6-14(8)10(15)9-7-11(9,12)13/h2,8-9H,1,3-7H2/t8-,9-/m1/s1. The number of nitrogens with zero attached hydrogens (tertiary/aromatic N) is 1. The second kappa shape index (κ2) is 3.58. The van der Waals surface area contributed by atoms with Gasteiger partial charge < -0.3 is 4.90 Å². The van der Waals surface area contributed by atoms with Crippen LogP contribution in [0.3, 0.4) is 0 Å². The SMILES string of the molecule is C=C[C@@H]1CCCCN1C(=O)[C@H]1CC1(F)F. The molecule has 15 heavy (non-hydrogen) atoms. The van der Waals surface area contributed by atoms with Gasteiger partial charge in [0.2, 0.25) is 5.91 Å². The highest BCUT2D eigenvalue weighted by Crippen LogP contribution is 2.50. The van der Waals surface area contributed by atoms with Crippen LogP contribution in [0.2, 0.25) is 0 Å². The van der Waals surface area contributed by atoms with Crippen molar-refractivity contribution in [3.8, 4) is 0 Å². The molecule has 1 heterocycles. The normalized spacial score (nSPS) is 33.6. The number of halogens is 2. The van der Waals surface area contributed by atoms with E-state index >= 15 is 0 Å². The topological polar surface area (TPSA) is 20.3 Å². The minimum absolute atomic E-state index is 0.0392. The second-order valence-corrected chi connectivity index (χ2v) is 4.35. The summed E-state index contributed by atoms with van der Waals surface area (Å²) in [6.07, 6.45) is 4.23. The summed E-state index contributed by atoms with van der Waals surface area (Å²) in [6, 6.07) is -0.0392. The quantitative estimate of drug-likeness (QED) is 0.647. The van der Waals surface area contributed by atoms with Crippen molar-refractivity contribution in [3.63, 3.8) is 0 Å². The monoisotopic (exact) mass is 215 g/mol. The Labute approximate surface area is 87.9 Å². The van der Waals surface area contributed by atoms with Crippen LogP contribution in [-0.2, 0) is 4.79 Å². The Hall–Kier alpha value is -0.930. The molecule has 4 heteroatoms. The van der Waals surface area contributed by atoms with Crippen LogP contribution in [0, 0.1) is 5.92 Å². The molecule has 2 atom stereocenters. The molecule has 0 spiro atoms. The Morgan fingerprint density at radius 2 is 2.13 bits per heavy atom. The van der Waals surface area contributed by atoms with Crippen LogP contribution in [-0.4, -0.2) is 29.3 Å². The highest BCUT2D eigenvalue weighted by Gasteiger charge is 2.62. The van der Waals surface area contributed by atoms with E-state index in [4.69, 9.17) is 0 Å². The molecule has 0 N–H and O–H groups in total. The summed E-state index contributed by atoms with van der Waals surface area (Å²) in [4.78, 5) is 13.3. The molecule has 1 aliphatic carbocycles. The average molecular weight is 215 g/mol. The van der Waals surface area contributed by atoms with Crippen molar-refractivity contribution in [2.24, 2.45) is 5.92 Å². The number of likely N-dealkylation sites (tertiary alicyclic amines) is 1. The molecule has 2 rings (SSSR count). The molecule has 2 aliphatic rings. The largest absolute Gasteiger partial charge is 0.336 e. The van der Waals surface area contributed by atoms with Gasteiger partial charge in [-0.15, -0.1) is 6.58 Å². The molecule has 2 fully saturated rings. The third kappa shape index (κ3) is 1.90. The number of rotatable bonds is 2. The van der Waals surface area contributed by atoms with Crippen LogP contribution in [0.25, 0.3) is 0 Å². The number of carbonyl (C=O) groups is 1. The van der Waals surface area contributed by atoms with Crippen molar-refractivity contribution in [1.29, 1.82) is 0 Å².